The van der Waals surface area contributed by atoms with E-state index in [1.807, 2.05) is 0 Å². The number of benzene rings is 1. The maximum Gasteiger partial charge on any atom is 0.194 e. The van der Waals surface area contributed by atoms with E-state index < -0.39 is 0 Å². The van der Waals surface area contributed by atoms with Gasteiger partial charge in [-0.3, -0.25) is 0 Å². The molecule has 1 aromatic carbocycles. The second-order valence-electron chi connectivity index (χ2n) is 4.45. The van der Waals surface area contributed by atoms with Gasteiger partial charge in [0, 0.05) is 16.6 Å². The molecule has 92 valence electrons. The Labute approximate surface area is 105 Å². The van der Waals surface area contributed by atoms with Crippen molar-refractivity contribution in [3.05, 3.63) is 41.3 Å². The predicted octanol–water partition coefficient (Wildman–Crippen LogP) is 2.07. The Bertz CT molecular complexity index is 666. The molecule has 0 fully saturated rings. The lowest BCUT2D eigenvalue weighted by atomic mass is 10.1. The van der Waals surface area contributed by atoms with Gasteiger partial charge in [0.25, 0.3) is 0 Å². The number of aromatic amines is 1. The lowest BCUT2D eigenvalue weighted by Crippen LogP contribution is -2.03. The Morgan fingerprint density at radius 3 is 2.89 bits per heavy atom. The average molecular weight is 241 g/mol. The summed E-state index contributed by atoms with van der Waals surface area (Å²) < 4.78 is 2.21. The standard InChI is InChI=1S/C13H15N5/c1-3-10-4-5-12-11(7-10)6-9(2)18(12)8-13-14-16-17-15-13/h4-7H,3,8H2,1-2H3,(H,14,15,16,17). The molecule has 0 radical (unpaired) electrons. The van der Waals surface area contributed by atoms with E-state index in [-0.39, 0.29) is 0 Å². The van der Waals surface area contributed by atoms with Crippen LogP contribution >= 0.6 is 0 Å². The fraction of sp³-hybridized carbons (Fsp3) is 0.308. The molecule has 3 aromatic rings. The number of H-pyrrole nitrogens is 1. The number of rotatable bonds is 3. The minimum Gasteiger partial charge on any atom is -0.337 e. The van der Waals surface area contributed by atoms with Crippen LogP contribution < -0.4 is 0 Å². The number of nitrogens with one attached hydrogen (secondary N) is 1. The molecule has 0 amide bonds. The van der Waals surface area contributed by atoms with Gasteiger partial charge in [-0.15, -0.1) is 10.2 Å². The lowest BCUT2D eigenvalue weighted by molar-refractivity contribution is 0.752. The van der Waals surface area contributed by atoms with Crippen LogP contribution in [0.2, 0.25) is 0 Å². The van der Waals surface area contributed by atoms with E-state index in [2.05, 4.69) is 63.3 Å². The van der Waals surface area contributed by atoms with Gasteiger partial charge in [0.2, 0.25) is 0 Å². The van der Waals surface area contributed by atoms with Gasteiger partial charge in [-0.2, -0.15) is 5.21 Å². The highest BCUT2D eigenvalue weighted by Gasteiger charge is 2.08. The molecule has 1 N–H and O–H groups in total. The van der Waals surface area contributed by atoms with Crippen LogP contribution in [0, 0.1) is 6.92 Å². The lowest BCUT2D eigenvalue weighted by Gasteiger charge is -2.05. The second-order valence-corrected chi connectivity index (χ2v) is 4.45. The van der Waals surface area contributed by atoms with Crippen molar-refractivity contribution in [2.24, 2.45) is 0 Å². The van der Waals surface area contributed by atoms with E-state index in [0.717, 1.165) is 6.42 Å². The van der Waals surface area contributed by atoms with Gasteiger partial charge in [-0.1, -0.05) is 18.2 Å². The third-order valence-corrected chi connectivity index (χ3v) is 3.27. The van der Waals surface area contributed by atoms with E-state index in [1.165, 1.54) is 22.2 Å². The molecular formula is C13H15N5. The topological polar surface area (TPSA) is 59.4 Å². The van der Waals surface area contributed by atoms with Crippen molar-refractivity contribution in [1.82, 2.24) is 25.2 Å². The maximum atomic E-state index is 4.00. The van der Waals surface area contributed by atoms with Gasteiger partial charge >= 0.3 is 0 Å². The summed E-state index contributed by atoms with van der Waals surface area (Å²) in [4.78, 5) is 0. The van der Waals surface area contributed by atoms with Crippen molar-refractivity contribution in [1.29, 1.82) is 0 Å². The molecule has 0 unspecified atom stereocenters. The molecule has 0 atom stereocenters. The normalized spacial score (nSPS) is 11.2. The van der Waals surface area contributed by atoms with Gasteiger partial charge in [0.05, 0.1) is 6.54 Å². The number of aromatic nitrogens is 5. The molecule has 2 aromatic heterocycles. The Kier molecular flexibility index (Phi) is 2.59. The molecule has 0 spiro atoms. The van der Waals surface area contributed by atoms with E-state index in [4.69, 9.17) is 0 Å². The van der Waals surface area contributed by atoms with Crippen LogP contribution in [-0.4, -0.2) is 25.2 Å². The molecule has 3 rings (SSSR count). The molecule has 0 aliphatic heterocycles. The van der Waals surface area contributed by atoms with Gasteiger partial charge in [-0.25, -0.2) is 0 Å². The number of fused-ring (bicyclic) bond motifs is 1. The molecule has 2 heterocycles. The minimum absolute atomic E-state index is 0.650. The van der Waals surface area contributed by atoms with Crippen LogP contribution in [0.3, 0.4) is 0 Å². The zero-order valence-corrected chi connectivity index (χ0v) is 10.5. The quantitative estimate of drug-likeness (QED) is 0.763. The van der Waals surface area contributed by atoms with Crippen LogP contribution in [0.1, 0.15) is 24.0 Å². The highest BCUT2D eigenvalue weighted by molar-refractivity contribution is 5.82. The SMILES string of the molecule is CCc1ccc2c(c1)cc(C)n2Cc1nn[nH]n1. The van der Waals surface area contributed by atoms with Crippen LogP contribution in [0.4, 0.5) is 0 Å². The first-order valence-corrected chi connectivity index (χ1v) is 6.09. The van der Waals surface area contributed by atoms with E-state index in [1.54, 1.807) is 0 Å². The Morgan fingerprint density at radius 1 is 1.28 bits per heavy atom. The van der Waals surface area contributed by atoms with E-state index in [9.17, 15) is 0 Å². The molecule has 0 saturated heterocycles. The molecule has 5 nitrogen and oxygen atoms in total. The van der Waals surface area contributed by atoms with Gasteiger partial charge < -0.3 is 4.57 Å². The van der Waals surface area contributed by atoms with Gasteiger partial charge in [0.15, 0.2) is 5.82 Å². The maximum absolute atomic E-state index is 4.00. The fourth-order valence-corrected chi connectivity index (χ4v) is 2.28. The second kappa shape index (κ2) is 4.25. The summed E-state index contributed by atoms with van der Waals surface area (Å²) in [5, 5.41) is 15.4. The first-order chi connectivity index (χ1) is 8.78. The minimum atomic E-state index is 0.650. The van der Waals surface area contributed by atoms with Crippen molar-refractivity contribution in [2.45, 2.75) is 26.8 Å². The summed E-state index contributed by atoms with van der Waals surface area (Å²) in [6.07, 6.45) is 1.06. The average Bonchev–Trinajstić information content (AvgIpc) is 2.98. The molecule has 18 heavy (non-hydrogen) atoms. The van der Waals surface area contributed by atoms with Crippen LogP contribution in [0.15, 0.2) is 24.3 Å². The highest BCUT2D eigenvalue weighted by atomic mass is 15.5. The highest BCUT2D eigenvalue weighted by Crippen LogP contribution is 2.21. The van der Waals surface area contributed by atoms with Crippen LogP contribution in [-0.2, 0) is 13.0 Å². The molecular weight excluding hydrogens is 226 g/mol. The van der Waals surface area contributed by atoms with E-state index in [0.29, 0.717) is 12.4 Å². The van der Waals surface area contributed by atoms with Gasteiger partial charge in [-0.05, 0) is 37.1 Å². The first-order valence-electron chi connectivity index (χ1n) is 6.09. The van der Waals surface area contributed by atoms with Crippen LogP contribution in [0.25, 0.3) is 10.9 Å². The Hall–Kier alpha value is -2.17. The smallest absolute Gasteiger partial charge is 0.194 e. The molecule has 0 aliphatic rings. The van der Waals surface area contributed by atoms with Crippen LogP contribution in [0.5, 0.6) is 0 Å². The third-order valence-electron chi connectivity index (χ3n) is 3.27. The first kappa shape index (κ1) is 11.0. The monoisotopic (exact) mass is 241 g/mol. The Balaban J connectivity index is 2.08. The van der Waals surface area contributed by atoms with Crippen molar-refractivity contribution in [3.8, 4) is 0 Å². The number of hydrogen-bond donors (Lipinski definition) is 1. The predicted molar refractivity (Wildman–Crippen MR) is 69.3 cm³/mol. The molecule has 0 bridgehead atoms. The van der Waals surface area contributed by atoms with Crippen molar-refractivity contribution in [2.75, 3.05) is 0 Å². The largest absolute Gasteiger partial charge is 0.337 e. The summed E-state index contributed by atoms with van der Waals surface area (Å²) in [6.45, 7) is 4.92. The number of aryl methyl sites for hydroxylation is 2. The fourth-order valence-electron chi connectivity index (χ4n) is 2.28. The van der Waals surface area contributed by atoms with Crippen molar-refractivity contribution in [3.63, 3.8) is 0 Å². The number of hydrogen-bond acceptors (Lipinski definition) is 3. The molecule has 5 heteroatoms. The Morgan fingerprint density at radius 2 is 2.17 bits per heavy atom. The zero-order valence-electron chi connectivity index (χ0n) is 10.5. The summed E-state index contributed by atoms with van der Waals surface area (Å²) in [7, 11) is 0. The number of nitrogens with zero attached hydrogens (tertiary/aromatic N) is 4. The summed E-state index contributed by atoms with van der Waals surface area (Å²) in [6, 6.07) is 8.79. The zero-order chi connectivity index (χ0) is 12.5. The van der Waals surface area contributed by atoms with Gasteiger partial charge in [0.1, 0.15) is 0 Å². The van der Waals surface area contributed by atoms with Crippen molar-refractivity contribution < 1.29 is 0 Å². The summed E-state index contributed by atoms with van der Waals surface area (Å²) in [5.74, 6) is 0.704. The van der Waals surface area contributed by atoms with E-state index >= 15 is 0 Å². The molecule has 0 aliphatic carbocycles. The summed E-state index contributed by atoms with van der Waals surface area (Å²) >= 11 is 0. The third kappa shape index (κ3) is 1.77. The van der Waals surface area contributed by atoms with Crippen molar-refractivity contribution >= 4 is 10.9 Å². The number of tetrazole rings is 1. The summed E-state index contributed by atoms with van der Waals surface area (Å²) in [5.41, 5.74) is 3.79. The molecule has 0 saturated carbocycles.